The number of alkyl halides is 2. The first-order valence-corrected chi connectivity index (χ1v) is 11.1. The molecule has 0 saturated heterocycles. The number of sulfonamides is 1. The molecule has 12 heteroatoms. The first-order valence-electron chi connectivity index (χ1n) is 9.68. The summed E-state index contributed by atoms with van der Waals surface area (Å²) in [6, 6.07) is 8.81. The maximum Gasteiger partial charge on any atom is 0.285 e. The van der Waals surface area contributed by atoms with Crippen LogP contribution in [0.1, 0.15) is 18.4 Å². The van der Waals surface area contributed by atoms with Crippen LogP contribution in [-0.2, 0) is 21.4 Å². The summed E-state index contributed by atoms with van der Waals surface area (Å²) >= 11 is 0. The Bertz CT molecular complexity index is 1130. The number of nitrogens with two attached hydrogens (primary N) is 1. The summed E-state index contributed by atoms with van der Waals surface area (Å²) < 4.78 is 54.0. The molecule has 0 saturated carbocycles. The molecule has 3 rings (SSSR count). The lowest BCUT2D eigenvalue weighted by atomic mass is 9.93. The fraction of sp³-hybridized carbons (Fsp3) is 0.350. The highest BCUT2D eigenvalue weighted by Gasteiger charge is 2.33. The topological polar surface area (TPSA) is 131 Å². The van der Waals surface area contributed by atoms with E-state index >= 15 is 0 Å². The normalized spacial score (nSPS) is 16.8. The minimum atomic E-state index is -4.19. The van der Waals surface area contributed by atoms with Crippen molar-refractivity contribution in [2.75, 3.05) is 13.1 Å². The van der Waals surface area contributed by atoms with Crippen LogP contribution in [0.3, 0.4) is 0 Å². The van der Waals surface area contributed by atoms with Gasteiger partial charge in [0.1, 0.15) is 11.4 Å². The monoisotopic (exact) mass is 467 g/mol. The van der Waals surface area contributed by atoms with Gasteiger partial charge in [-0.3, -0.25) is 9.48 Å². The molecule has 2 aromatic rings. The highest BCUT2D eigenvalue weighted by molar-refractivity contribution is 7.90. The Hall–Kier alpha value is -3.12. The van der Waals surface area contributed by atoms with E-state index in [1.807, 2.05) is 0 Å². The van der Waals surface area contributed by atoms with E-state index in [2.05, 4.69) is 9.50 Å². The van der Waals surface area contributed by atoms with Crippen molar-refractivity contribution in [3.63, 3.8) is 0 Å². The van der Waals surface area contributed by atoms with E-state index < -0.39 is 35.0 Å². The van der Waals surface area contributed by atoms with Gasteiger partial charge in [-0.25, -0.2) is 8.78 Å². The van der Waals surface area contributed by atoms with Gasteiger partial charge >= 0.3 is 0 Å². The van der Waals surface area contributed by atoms with Crippen molar-refractivity contribution in [3.05, 3.63) is 59.6 Å². The molecule has 1 aromatic heterocycles. The van der Waals surface area contributed by atoms with Crippen LogP contribution < -0.4 is 5.73 Å². The fourth-order valence-electron chi connectivity index (χ4n) is 3.35. The van der Waals surface area contributed by atoms with Crippen LogP contribution in [0.5, 0.6) is 0 Å². The summed E-state index contributed by atoms with van der Waals surface area (Å²) in [5.41, 5.74) is 7.24. The van der Waals surface area contributed by atoms with Crippen LogP contribution >= 0.6 is 0 Å². The number of halogens is 2. The number of benzene rings is 1. The molecule has 172 valence electrons. The number of aliphatic hydroxyl groups is 1. The number of carbonyl (C=O) groups excluding carboxylic acids is 1. The molecule has 0 bridgehead atoms. The number of amides is 1. The summed E-state index contributed by atoms with van der Waals surface area (Å²) in [7, 11) is -4.19. The van der Waals surface area contributed by atoms with Crippen LogP contribution in [0, 0.1) is 0 Å². The molecule has 3 N–H and O–H groups in total. The van der Waals surface area contributed by atoms with E-state index in [1.54, 1.807) is 30.3 Å². The molecule has 2 atom stereocenters. The molecule has 0 radical (unpaired) electrons. The molecule has 0 fully saturated rings. The smallest absolute Gasteiger partial charge is 0.285 e. The van der Waals surface area contributed by atoms with Crippen LogP contribution in [0.4, 0.5) is 8.78 Å². The first kappa shape index (κ1) is 23.5. The van der Waals surface area contributed by atoms with Gasteiger partial charge in [0, 0.05) is 30.2 Å². The van der Waals surface area contributed by atoms with Gasteiger partial charge < -0.3 is 15.7 Å². The molecule has 0 unspecified atom stereocenters. The van der Waals surface area contributed by atoms with Crippen molar-refractivity contribution in [1.82, 2.24) is 14.7 Å². The molecule has 0 aliphatic carbocycles. The second kappa shape index (κ2) is 9.57. The van der Waals surface area contributed by atoms with Crippen molar-refractivity contribution in [2.24, 2.45) is 10.1 Å². The van der Waals surface area contributed by atoms with Gasteiger partial charge in [0.05, 0.1) is 24.8 Å². The van der Waals surface area contributed by atoms with E-state index in [-0.39, 0.29) is 29.6 Å². The van der Waals surface area contributed by atoms with Gasteiger partial charge in [-0.15, -0.1) is 0 Å². The average Bonchev–Trinajstić information content (AvgIpc) is 3.34. The fourth-order valence-corrected chi connectivity index (χ4v) is 4.17. The minimum absolute atomic E-state index is 0.0182. The SMILES string of the molecule is C[C@@H](O)[C@@H](C(=O)N1CC(N)=C(/C=N/S(=O)(=O)c2cnn(CC(F)F)c2)C1)c1ccccc1. The molecule has 2 heterocycles. The van der Waals surface area contributed by atoms with E-state index in [0.29, 0.717) is 11.1 Å². The van der Waals surface area contributed by atoms with Crippen molar-refractivity contribution in [1.29, 1.82) is 0 Å². The molecule has 1 aliphatic rings. The molecule has 1 amide bonds. The Morgan fingerprint density at radius 1 is 1.31 bits per heavy atom. The van der Waals surface area contributed by atoms with Gasteiger partial charge in [-0.05, 0) is 12.5 Å². The number of nitrogens with zero attached hydrogens (tertiary/aromatic N) is 4. The van der Waals surface area contributed by atoms with Gasteiger partial charge in [-0.2, -0.15) is 17.9 Å². The number of carbonyl (C=O) groups is 1. The molecule has 1 aliphatic heterocycles. The summed E-state index contributed by atoms with van der Waals surface area (Å²) in [5, 5.41) is 13.8. The van der Waals surface area contributed by atoms with Crippen LogP contribution in [-0.4, -0.2) is 65.9 Å². The molecule has 1 aromatic carbocycles. The maximum absolute atomic E-state index is 13.0. The quantitative estimate of drug-likeness (QED) is 0.560. The summed E-state index contributed by atoms with van der Waals surface area (Å²) in [5.74, 6) is -1.15. The highest BCUT2D eigenvalue weighted by Crippen LogP contribution is 2.25. The predicted octanol–water partition coefficient (Wildman–Crippen LogP) is 1.13. The van der Waals surface area contributed by atoms with Gasteiger partial charge in [0.25, 0.3) is 16.4 Å². The van der Waals surface area contributed by atoms with Crippen molar-refractivity contribution >= 4 is 22.1 Å². The Kier molecular flexibility index (Phi) is 7.04. The van der Waals surface area contributed by atoms with Gasteiger partial charge in [0.2, 0.25) is 5.91 Å². The number of rotatable bonds is 8. The second-order valence-electron chi connectivity index (χ2n) is 7.37. The van der Waals surface area contributed by atoms with Gasteiger partial charge in [-0.1, -0.05) is 30.3 Å². The number of hydrogen-bond donors (Lipinski definition) is 2. The lowest BCUT2D eigenvalue weighted by molar-refractivity contribution is -0.133. The highest BCUT2D eigenvalue weighted by atomic mass is 32.2. The zero-order valence-electron chi connectivity index (χ0n) is 17.2. The zero-order valence-corrected chi connectivity index (χ0v) is 18.0. The van der Waals surface area contributed by atoms with E-state index in [1.165, 1.54) is 11.8 Å². The molecule has 9 nitrogen and oxygen atoms in total. The standard InChI is InChI=1S/C20H23F2N5O4S/c1-13(28)19(14-5-3-2-4-6-14)20(29)26-9-15(17(23)11-26)7-25-32(30,31)16-8-24-27(10-16)12-18(21)22/h2-8,10,13,18-19,28H,9,11-12,23H2,1H3/b25-7+/t13-,19-/m1/s1. The lowest BCUT2D eigenvalue weighted by Crippen LogP contribution is -2.38. The second-order valence-corrected chi connectivity index (χ2v) is 9.00. The Morgan fingerprint density at radius 2 is 2.00 bits per heavy atom. The number of aromatic nitrogens is 2. The van der Waals surface area contributed by atoms with Crippen molar-refractivity contribution < 1.29 is 27.1 Å². The Balaban J connectivity index is 1.72. The number of hydrogen-bond acceptors (Lipinski definition) is 6. The molecular formula is C20H23F2N5O4S. The van der Waals surface area contributed by atoms with Crippen LogP contribution in [0.25, 0.3) is 0 Å². The molecule has 0 spiro atoms. The summed E-state index contributed by atoms with van der Waals surface area (Å²) in [6.45, 7) is 0.860. The third kappa shape index (κ3) is 5.37. The van der Waals surface area contributed by atoms with Gasteiger partial charge in [0.15, 0.2) is 0 Å². The van der Waals surface area contributed by atoms with Crippen molar-refractivity contribution in [3.8, 4) is 0 Å². The van der Waals surface area contributed by atoms with Crippen molar-refractivity contribution in [2.45, 2.75) is 36.8 Å². The van der Waals surface area contributed by atoms with Crippen LogP contribution in [0.15, 0.2) is 63.3 Å². The third-order valence-corrected chi connectivity index (χ3v) is 6.12. The lowest BCUT2D eigenvalue weighted by Gasteiger charge is -2.25. The predicted molar refractivity (Wildman–Crippen MR) is 113 cm³/mol. The Labute approximate surface area is 183 Å². The minimum Gasteiger partial charge on any atom is -0.400 e. The van der Waals surface area contributed by atoms with E-state index in [9.17, 15) is 27.1 Å². The van der Waals surface area contributed by atoms with Crippen LogP contribution in [0.2, 0.25) is 0 Å². The molecule has 32 heavy (non-hydrogen) atoms. The Morgan fingerprint density at radius 3 is 2.62 bits per heavy atom. The largest absolute Gasteiger partial charge is 0.400 e. The third-order valence-electron chi connectivity index (χ3n) is 4.93. The van der Waals surface area contributed by atoms with E-state index in [0.717, 1.165) is 23.3 Å². The zero-order chi connectivity index (χ0) is 23.5. The summed E-state index contributed by atoms with van der Waals surface area (Å²) in [4.78, 5) is 14.1. The summed E-state index contributed by atoms with van der Waals surface area (Å²) in [6.07, 6.45) is -0.683. The number of aliphatic hydroxyl groups excluding tert-OH is 1. The maximum atomic E-state index is 13.0. The van der Waals surface area contributed by atoms with E-state index in [4.69, 9.17) is 5.73 Å². The first-order chi connectivity index (χ1) is 15.1. The average molecular weight is 467 g/mol. The molecular weight excluding hydrogens is 444 g/mol.